The smallest absolute Gasteiger partial charge is 0.290 e. The second-order valence-electron chi connectivity index (χ2n) is 7.58. The molecule has 0 saturated carbocycles. The maximum absolute atomic E-state index is 13.4. The van der Waals surface area contributed by atoms with Gasteiger partial charge in [0, 0.05) is 18.0 Å². The zero-order valence-electron chi connectivity index (χ0n) is 17.4. The molecule has 0 aliphatic carbocycles. The van der Waals surface area contributed by atoms with E-state index in [1.807, 2.05) is 42.5 Å². The molecule has 0 radical (unpaired) electrons. The van der Waals surface area contributed by atoms with Gasteiger partial charge >= 0.3 is 0 Å². The molecule has 1 amide bonds. The standard InChI is InChI=1S/C26H24FNO4/c27-22-12-10-20(11-13-22)21-14-24(26(30)28-23-4-2-1-3-5-23)32-25(15-21)31-17-19-8-6-18(16-29)7-9-19/h1-14,21,25,29H,15-17H2,(H,28,30)/t21-,25+/m1/s1. The third kappa shape index (κ3) is 5.60. The normalized spacial score (nSPS) is 17.9. The number of carbonyl (C=O) groups is 1. The quantitative estimate of drug-likeness (QED) is 0.557. The van der Waals surface area contributed by atoms with Gasteiger partial charge in [-0.1, -0.05) is 54.6 Å². The molecule has 0 aromatic heterocycles. The second-order valence-corrected chi connectivity index (χ2v) is 7.58. The number of aliphatic hydroxyl groups excluding tert-OH is 1. The first-order chi connectivity index (χ1) is 15.6. The number of aliphatic hydroxyl groups is 1. The van der Waals surface area contributed by atoms with Crippen molar-refractivity contribution < 1.29 is 23.8 Å². The van der Waals surface area contributed by atoms with Gasteiger partial charge in [-0.3, -0.25) is 4.79 Å². The Balaban J connectivity index is 1.50. The summed E-state index contributed by atoms with van der Waals surface area (Å²) in [4.78, 5) is 12.8. The molecule has 0 unspecified atom stereocenters. The zero-order valence-corrected chi connectivity index (χ0v) is 17.4. The third-order valence-electron chi connectivity index (χ3n) is 5.25. The number of amides is 1. The Hall–Kier alpha value is -3.48. The van der Waals surface area contributed by atoms with E-state index < -0.39 is 6.29 Å². The van der Waals surface area contributed by atoms with Gasteiger partial charge < -0.3 is 19.9 Å². The Bertz CT molecular complexity index is 1070. The number of hydrogen-bond donors (Lipinski definition) is 2. The minimum atomic E-state index is -0.649. The fourth-order valence-electron chi connectivity index (χ4n) is 3.50. The zero-order chi connectivity index (χ0) is 22.3. The number of carbonyl (C=O) groups excluding carboxylic acids is 1. The first-order valence-corrected chi connectivity index (χ1v) is 10.4. The van der Waals surface area contributed by atoms with Crippen LogP contribution in [-0.2, 0) is 27.5 Å². The molecular formula is C26H24FNO4. The van der Waals surface area contributed by atoms with Gasteiger partial charge in [-0.15, -0.1) is 0 Å². The molecule has 2 N–H and O–H groups in total. The van der Waals surface area contributed by atoms with Gasteiger partial charge in [0.1, 0.15) is 5.82 Å². The summed E-state index contributed by atoms with van der Waals surface area (Å²) in [5.74, 6) is -0.687. The molecule has 32 heavy (non-hydrogen) atoms. The van der Waals surface area contributed by atoms with Crippen LogP contribution in [0.1, 0.15) is 29.0 Å². The summed E-state index contributed by atoms with van der Waals surface area (Å²) in [6.07, 6.45) is 1.59. The average Bonchev–Trinajstić information content (AvgIpc) is 2.84. The monoisotopic (exact) mass is 433 g/mol. The van der Waals surface area contributed by atoms with Crippen LogP contribution in [0.2, 0.25) is 0 Å². The minimum absolute atomic E-state index is 0.0170. The van der Waals surface area contributed by atoms with E-state index in [0.717, 1.165) is 16.7 Å². The van der Waals surface area contributed by atoms with Crippen molar-refractivity contribution in [2.24, 2.45) is 0 Å². The number of rotatable bonds is 7. The van der Waals surface area contributed by atoms with Crippen molar-refractivity contribution in [1.82, 2.24) is 0 Å². The number of ether oxygens (including phenoxy) is 2. The Morgan fingerprint density at radius 1 is 1.00 bits per heavy atom. The summed E-state index contributed by atoms with van der Waals surface area (Å²) < 4.78 is 25.2. The molecule has 5 nitrogen and oxygen atoms in total. The van der Waals surface area contributed by atoms with Gasteiger partial charge in [0.2, 0.25) is 6.29 Å². The summed E-state index contributed by atoms with van der Waals surface area (Å²) in [5.41, 5.74) is 3.28. The summed E-state index contributed by atoms with van der Waals surface area (Å²) in [5, 5.41) is 12.0. The number of para-hydroxylation sites is 1. The predicted molar refractivity (Wildman–Crippen MR) is 119 cm³/mol. The lowest BCUT2D eigenvalue weighted by atomic mass is 9.93. The molecule has 0 saturated heterocycles. The highest BCUT2D eigenvalue weighted by Gasteiger charge is 2.29. The molecular weight excluding hydrogens is 409 g/mol. The number of allylic oxidation sites excluding steroid dienone is 1. The van der Waals surface area contributed by atoms with Crippen LogP contribution in [0.25, 0.3) is 0 Å². The number of anilines is 1. The molecule has 0 spiro atoms. The van der Waals surface area contributed by atoms with Crippen molar-refractivity contribution in [2.75, 3.05) is 5.32 Å². The Labute approximate surface area is 186 Å². The van der Waals surface area contributed by atoms with E-state index >= 15 is 0 Å². The van der Waals surface area contributed by atoms with E-state index in [2.05, 4.69) is 5.32 Å². The van der Waals surface area contributed by atoms with Crippen LogP contribution in [-0.4, -0.2) is 17.3 Å². The maximum atomic E-state index is 13.4. The largest absolute Gasteiger partial charge is 0.459 e. The molecule has 1 aliphatic heterocycles. The lowest BCUT2D eigenvalue weighted by molar-refractivity contribution is -0.147. The van der Waals surface area contributed by atoms with Crippen molar-refractivity contribution in [2.45, 2.75) is 31.8 Å². The van der Waals surface area contributed by atoms with Gasteiger partial charge in [-0.25, -0.2) is 4.39 Å². The molecule has 0 bridgehead atoms. The summed E-state index contributed by atoms with van der Waals surface area (Å²) in [6, 6.07) is 22.8. The van der Waals surface area contributed by atoms with Crippen LogP contribution in [0, 0.1) is 5.82 Å². The molecule has 1 aliphatic rings. The highest BCUT2D eigenvalue weighted by molar-refractivity contribution is 6.02. The fourth-order valence-corrected chi connectivity index (χ4v) is 3.50. The summed E-state index contributed by atoms with van der Waals surface area (Å²) >= 11 is 0. The van der Waals surface area contributed by atoms with Crippen molar-refractivity contribution in [1.29, 1.82) is 0 Å². The molecule has 3 aromatic carbocycles. The van der Waals surface area contributed by atoms with Crippen molar-refractivity contribution >= 4 is 11.6 Å². The molecule has 4 rings (SSSR count). The van der Waals surface area contributed by atoms with E-state index in [0.29, 0.717) is 18.7 Å². The number of nitrogens with one attached hydrogen (secondary N) is 1. The van der Waals surface area contributed by atoms with E-state index in [1.54, 1.807) is 30.3 Å². The molecule has 6 heteroatoms. The first kappa shape index (κ1) is 21.7. The maximum Gasteiger partial charge on any atom is 0.290 e. The van der Waals surface area contributed by atoms with Crippen molar-refractivity contribution in [3.05, 3.63) is 113 Å². The summed E-state index contributed by atoms with van der Waals surface area (Å²) in [7, 11) is 0. The van der Waals surface area contributed by atoms with Crippen LogP contribution >= 0.6 is 0 Å². The Kier molecular flexibility index (Phi) is 6.94. The van der Waals surface area contributed by atoms with Crippen LogP contribution in [0.3, 0.4) is 0 Å². The van der Waals surface area contributed by atoms with Gasteiger partial charge in [0.25, 0.3) is 5.91 Å². The van der Waals surface area contributed by atoms with Gasteiger partial charge in [0.15, 0.2) is 5.76 Å². The van der Waals surface area contributed by atoms with Crippen LogP contribution in [0.5, 0.6) is 0 Å². The molecule has 2 atom stereocenters. The number of halogens is 1. The highest BCUT2D eigenvalue weighted by atomic mass is 19.1. The minimum Gasteiger partial charge on any atom is -0.459 e. The van der Waals surface area contributed by atoms with Gasteiger partial charge in [0.05, 0.1) is 13.2 Å². The highest BCUT2D eigenvalue weighted by Crippen LogP contribution is 2.32. The molecule has 0 fully saturated rings. The lowest BCUT2D eigenvalue weighted by Crippen LogP contribution is -2.29. The number of hydrogen-bond acceptors (Lipinski definition) is 4. The van der Waals surface area contributed by atoms with Crippen molar-refractivity contribution in [3.8, 4) is 0 Å². The van der Waals surface area contributed by atoms with Crippen molar-refractivity contribution in [3.63, 3.8) is 0 Å². The fraction of sp³-hybridized carbons (Fsp3) is 0.192. The van der Waals surface area contributed by atoms with E-state index in [-0.39, 0.29) is 30.0 Å². The van der Waals surface area contributed by atoms with Crippen LogP contribution in [0.15, 0.2) is 90.7 Å². The topological polar surface area (TPSA) is 67.8 Å². The van der Waals surface area contributed by atoms with E-state index in [1.165, 1.54) is 12.1 Å². The number of benzene rings is 3. The van der Waals surface area contributed by atoms with Gasteiger partial charge in [-0.05, 0) is 47.0 Å². The van der Waals surface area contributed by atoms with Gasteiger partial charge in [-0.2, -0.15) is 0 Å². The van der Waals surface area contributed by atoms with Crippen LogP contribution < -0.4 is 5.32 Å². The average molecular weight is 433 g/mol. The van der Waals surface area contributed by atoms with E-state index in [4.69, 9.17) is 9.47 Å². The SMILES string of the molecule is O=C(Nc1ccccc1)C1=C[C@@H](c2ccc(F)cc2)C[C@@H](OCc2ccc(CO)cc2)O1. The third-order valence-corrected chi connectivity index (χ3v) is 5.25. The molecule has 3 aromatic rings. The Morgan fingerprint density at radius 3 is 2.38 bits per heavy atom. The lowest BCUT2D eigenvalue weighted by Gasteiger charge is -2.29. The van der Waals surface area contributed by atoms with E-state index in [9.17, 15) is 14.3 Å². The summed E-state index contributed by atoms with van der Waals surface area (Å²) in [6.45, 7) is 0.275. The molecule has 1 heterocycles. The predicted octanol–water partition coefficient (Wildman–Crippen LogP) is 4.89. The molecule has 164 valence electrons. The Morgan fingerprint density at radius 2 is 1.69 bits per heavy atom. The first-order valence-electron chi connectivity index (χ1n) is 10.4. The van der Waals surface area contributed by atoms with Crippen LogP contribution in [0.4, 0.5) is 10.1 Å². The second kappa shape index (κ2) is 10.2.